The Labute approximate surface area is 123 Å². The van der Waals surface area contributed by atoms with E-state index in [1.807, 2.05) is 0 Å². The molecule has 0 fully saturated rings. The summed E-state index contributed by atoms with van der Waals surface area (Å²) in [5.41, 5.74) is 8.45. The van der Waals surface area contributed by atoms with Crippen molar-refractivity contribution in [1.82, 2.24) is 0 Å². The predicted molar refractivity (Wildman–Crippen MR) is 85.7 cm³/mol. The molecular formula is C18H29NO. The van der Waals surface area contributed by atoms with E-state index >= 15 is 0 Å². The molecule has 0 saturated carbocycles. The van der Waals surface area contributed by atoms with Crippen molar-refractivity contribution in [2.24, 2.45) is 5.73 Å². The van der Waals surface area contributed by atoms with Crippen LogP contribution >= 0.6 is 0 Å². The first-order valence-electron chi connectivity index (χ1n) is 8.00. The maximum Gasteiger partial charge on any atom is 0.129 e. The molecule has 0 heterocycles. The second-order valence-electron chi connectivity index (χ2n) is 5.65. The molecule has 112 valence electrons. The monoisotopic (exact) mass is 275 g/mol. The molecule has 2 heteroatoms. The Morgan fingerprint density at radius 1 is 0.900 bits per heavy atom. The average Bonchev–Trinajstić information content (AvgIpc) is 2.45. The van der Waals surface area contributed by atoms with Gasteiger partial charge in [0.25, 0.3) is 0 Å². The van der Waals surface area contributed by atoms with Crippen molar-refractivity contribution in [2.75, 3.05) is 0 Å². The van der Waals surface area contributed by atoms with Gasteiger partial charge in [-0.2, -0.15) is 0 Å². The number of rotatable bonds is 11. The van der Waals surface area contributed by atoms with Gasteiger partial charge in [-0.1, -0.05) is 56.4 Å². The minimum Gasteiger partial charge on any atom is -0.326 e. The highest BCUT2D eigenvalue weighted by atomic mass is 16.1. The average molecular weight is 275 g/mol. The molecule has 1 aromatic rings. The number of hydrogen-bond donors (Lipinski definition) is 1. The van der Waals surface area contributed by atoms with Gasteiger partial charge in [0.05, 0.1) is 0 Å². The summed E-state index contributed by atoms with van der Waals surface area (Å²) in [6, 6.07) is 8.49. The Kier molecular flexibility index (Phi) is 8.97. The van der Waals surface area contributed by atoms with E-state index in [1.165, 1.54) is 49.7 Å². The summed E-state index contributed by atoms with van der Waals surface area (Å²) in [4.78, 5) is 10.8. The van der Waals surface area contributed by atoms with E-state index in [0.717, 1.165) is 19.3 Å². The van der Waals surface area contributed by atoms with Crippen molar-refractivity contribution < 1.29 is 4.79 Å². The van der Waals surface area contributed by atoms with Crippen LogP contribution in [0.1, 0.15) is 69.4 Å². The van der Waals surface area contributed by atoms with Crippen LogP contribution in [0, 0.1) is 0 Å². The van der Waals surface area contributed by atoms with Crippen LogP contribution in [0.15, 0.2) is 24.3 Å². The maximum absolute atomic E-state index is 10.8. The normalized spacial score (nSPS) is 10.7. The zero-order valence-electron chi connectivity index (χ0n) is 12.9. The van der Waals surface area contributed by atoms with Gasteiger partial charge >= 0.3 is 0 Å². The van der Waals surface area contributed by atoms with Gasteiger partial charge in [0.1, 0.15) is 5.78 Å². The summed E-state index contributed by atoms with van der Waals surface area (Å²) in [5.74, 6) is 0.323. The molecule has 0 atom stereocenters. The molecule has 0 bridgehead atoms. The number of benzene rings is 1. The first-order chi connectivity index (χ1) is 9.74. The van der Waals surface area contributed by atoms with Crippen molar-refractivity contribution >= 4 is 5.78 Å². The molecule has 20 heavy (non-hydrogen) atoms. The Morgan fingerprint density at radius 3 is 2.05 bits per heavy atom. The number of nitrogens with two attached hydrogens (primary N) is 1. The second kappa shape index (κ2) is 10.6. The second-order valence-corrected chi connectivity index (χ2v) is 5.65. The summed E-state index contributed by atoms with van der Waals surface area (Å²) in [7, 11) is 0. The van der Waals surface area contributed by atoms with Gasteiger partial charge < -0.3 is 10.5 Å². The lowest BCUT2D eigenvalue weighted by molar-refractivity contribution is -0.117. The van der Waals surface area contributed by atoms with Crippen molar-refractivity contribution in [2.45, 2.75) is 71.3 Å². The fourth-order valence-electron chi connectivity index (χ4n) is 2.57. The van der Waals surface area contributed by atoms with E-state index in [1.54, 1.807) is 6.92 Å². The number of hydrogen-bond acceptors (Lipinski definition) is 2. The Morgan fingerprint density at radius 2 is 1.45 bits per heavy atom. The van der Waals surface area contributed by atoms with Gasteiger partial charge in [-0.15, -0.1) is 0 Å². The first kappa shape index (κ1) is 16.9. The third kappa shape index (κ3) is 7.44. The zero-order valence-corrected chi connectivity index (χ0v) is 12.9. The molecule has 0 unspecified atom stereocenters. The van der Waals surface area contributed by atoms with Gasteiger partial charge in [-0.3, -0.25) is 0 Å². The van der Waals surface area contributed by atoms with E-state index in [-0.39, 0.29) is 0 Å². The van der Waals surface area contributed by atoms with Crippen LogP contribution in [0.4, 0.5) is 0 Å². The lowest BCUT2D eigenvalue weighted by atomic mass is 10.00. The van der Waals surface area contributed by atoms with Gasteiger partial charge in [-0.05, 0) is 37.3 Å². The van der Waals surface area contributed by atoms with Crippen LogP contribution in [0.5, 0.6) is 0 Å². The van der Waals surface area contributed by atoms with Crippen LogP contribution in [-0.2, 0) is 17.8 Å². The van der Waals surface area contributed by atoms with Crippen molar-refractivity contribution in [3.8, 4) is 0 Å². The molecule has 0 radical (unpaired) electrons. The summed E-state index contributed by atoms with van der Waals surface area (Å²) < 4.78 is 0. The fraction of sp³-hybridized carbons (Fsp3) is 0.611. The third-order valence-electron chi connectivity index (χ3n) is 3.81. The minimum atomic E-state index is 0.323. The largest absolute Gasteiger partial charge is 0.326 e. The van der Waals surface area contributed by atoms with E-state index < -0.39 is 0 Å². The Balaban J connectivity index is 2.01. The van der Waals surface area contributed by atoms with E-state index in [0.29, 0.717) is 12.3 Å². The van der Waals surface area contributed by atoms with E-state index in [4.69, 9.17) is 5.73 Å². The van der Waals surface area contributed by atoms with Crippen molar-refractivity contribution in [3.63, 3.8) is 0 Å². The molecule has 0 aliphatic carbocycles. The Bertz CT molecular complexity index is 387. The highest BCUT2D eigenvalue weighted by Gasteiger charge is 2.00. The fourth-order valence-corrected chi connectivity index (χ4v) is 2.57. The van der Waals surface area contributed by atoms with Crippen LogP contribution in [-0.4, -0.2) is 5.78 Å². The molecule has 0 aliphatic rings. The molecule has 1 aromatic carbocycles. The number of aryl methyl sites for hydroxylation is 1. The summed E-state index contributed by atoms with van der Waals surface area (Å²) in [5, 5.41) is 0. The first-order valence-corrected chi connectivity index (χ1v) is 8.00. The molecule has 0 aromatic heterocycles. The summed E-state index contributed by atoms with van der Waals surface area (Å²) in [6.07, 6.45) is 10.6. The van der Waals surface area contributed by atoms with E-state index in [2.05, 4.69) is 24.3 Å². The lowest BCUT2D eigenvalue weighted by Crippen LogP contribution is -2.01. The SMILES string of the molecule is CC(=O)CCCCCCCCCc1ccccc1CN. The Hall–Kier alpha value is -1.15. The molecule has 0 spiro atoms. The number of Topliss-reactive ketones (excluding diaryl/α,β-unsaturated/α-hetero) is 1. The summed E-state index contributed by atoms with van der Waals surface area (Å²) in [6.45, 7) is 2.32. The summed E-state index contributed by atoms with van der Waals surface area (Å²) >= 11 is 0. The molecule has 2 N–H and O–H groups in total. The molecule has 2 nitrogen and oxygen atoms in total. The van der Waals surface area contributed by atoms with Crippen molar-refractivity contribution in [1.29, 1.82) is 0 Å². The molecule has 0 amide bonds. The molecule has 0 saturated heterocycles. The number of ketones is 1. The van der Waals surface area contributed by atoms with Gasteiger partial charge in [0.15, 0.2) is 0 Å². The number of carbonyl (C=O) groups is 1. The van der Waals surface area contributed by atoms with Gasteiger partial charge in [0, 0.05) is 13.0 Å². The smallest absolute Gasteiger partial charge is 0.129 e. The van der Waals surface area contributed by atoms with Crippen LogP contribution in [0.3, 0.4) is 0 Å². The highest BCUT2D eigenvalue weighted by molar-refractivity contribution is 5.75. The third-order valence-corrected chi connectivity index (χ3v) is 3.81. The standard InChI is InChI=1S/C18H29NO/c1-16(20)11-7-5-3-2-4-6-8-12-17-13-9-10-14-18(17)15-19/h9-10,13-14H,2-8,11-12,15,19H2,1H3. The predicted octanol–water partition coefficient (Wildman–Crippen LogP) is 4.40. The van der Waals surface area contributed by atoms with Crippen LogP contribution < -0.4 is 5.73 Å². The number of carbonyl (C=O) groups excluding carboxylic acids is 1. The molecule has 0 aliphatic heterocycles. The molecule has 1 rings (SSSR count). The van der Waals surface area contributed by atoms with Gasteiger partial charge in [0.2, 0.25) is 0 Å². The quantitative estimate of drug-likeness (QED) is 0.608. The van der Waals surface area contributed by atoms with E-state index in [9.17, 15) is 4.79 Å². The zero-order chi connectivity index (χ0) is 14.6. The minimum absolute atomic E-state index is 0.323. The maximum atomic E-state index is 10.8. The van der Waals surface area contributed by atoms with Crippen LogP contribution in [0.25, 0.3) is 0 Å². The highest BCUT2D eigenvalue weighted by Crippen LogP contribution is 2.14. The van der Waals surface area contributed by atoms with Crippen molar-refractivity contribution in [3.05, 3.63) is 35.4 Å². The van der Waals surface area contributed by atoms with Crippen LogP contribution in [0.2, 0.25) is 0 Å². The number of unbranched alkanes of at least 4 members (excludes halogenated alkanes) is 6. The lowest BCUT2D eigenvalue weighted by Gasteiger charge is -2.07. The van der Waals surface area contributed by atoms with Gasteiger partial charge in [-0.25, -0.2) is 0 Å². The molecular weight excluding hydrogens is 246 g/mol. The topological polar surface area (TPSA) is 43.1 Å².